The predicted octanol–water partition coefficient (Wildman–Crippen LogP) is 2.94. The number of carbonyl (C=O) groups is 2. The summed E-state index contributed by atoms with van der Waals surface area (Å²) in [7, 11) is 0. The predicted molar refractivity (Wildman–Crippen MR) is 81.0 cm³/mol. The van der Waals surface area contributed by atoms with Gasteiger partial charge in [-0.25, -0.2) is 0 Å². The van der Waals surface area contributed by atoms with E-state index in [1.807, 2.05) is 31.2 Å². The lowest BCUT2D eigenvalue weighted by atomic mass is 10.1. The summed E-state index contributed by atoms with van der Waals surface area (Å²) in [5.74, 6) is -0.273. The van der Waals surface area contributed by atoms with Crippen molar-refractivity contribution in [2.24, 2.45) is 0 Å². The van der Waals surface area contributed by atoms with E-state index in [4.69, 9.17) is 0 Å². The van der Waals surface area contributed by atoms with E-state index in [1.54, 1.807) is 12.1 Å². The van der Waals surface area contributed by atoms with Crippen LogP contribution in [0.5, 0.6) is 0 Å². The quantitative estimate of drug-likeness (QED) is 0.908. The Morgan fingerprint density at radius 3 is 2.45 bits per heavy atom. The van der Waals surface area contributed by atoms with E-state index in [-0.39, 0.29) is 11.8 Å². The number of anilines is 1. The zero-order valence-corrected chi connectivity index (χ0v) is 12.2. The number of thiophene rings is 1. The molecule has 0 fully saturated rings. The summed E-state index contributed by atoms with van der Waals surface area (Å²) in [5, 5.41) is 6.20. The summed E-state index contributed by atoms with van der Waals surface area (Å²) in [6, 6.07) is 11.5. The minimum Gasteiger partial charge on any atom is -0.347 e. The maximum atomic E-state index is 12.0. The summed E-state index contributed by atoms with van der Waals surface area (Å²) >= 11 is 1.26. The molecular formula is C15H16N2O2S. The second-order valence-corrected chi connectivity index (χ2v) is 5.60. The maximum Gasteiger partial charge on any atom is 0.261 e. The lowest BCUT2D eigenvalue weighted by Gasteiger charge is -2.04. The van der Waals surface area contributed by atoms with Crippen LogP contribution in [0.4, 0.5) is 5.00 Å². The van der Waals surface area contributed by atoms with Crippen molar-refractivity contribution in [3.05, 3.63) is 52.4 Å². The fraction of sp³-hybridized carbons (Fsp3) is 0.200. The fourth-order valence-corrected chi connectivity index (χ4v) is 2.54. The molecule has 2 N–H and O–H groups in total. The van der Waals surface area contributed by atoms with Gasteiger partial charge in [0.25, 0.3) is 5.91 Å². The van der Waals surface area contributed by atoms with Crippen LogP contribution in [0.15, 0.2) is 36.4 Å². The SMILES string of the molecule is CC(=O)Nc1ccc(C(=O)NCc2ccc(C)cc2)s1. The van der Waals surface area contributed by atoms with Crippen LogP contribution in [0, 0.1) is 6.92 Å². The average Bonchev–Trinajstić information content (AvgIpc) is 2.85. The topological polar surface area (TPSA) is 58.2 Å². The smallest absolute Gasteiger partial charge is 0.261 e. The first-order valence-corrected chi connectivity index (χ1v) is 7.07. The van der Waals surface area contributed by atoms with Gasteiger partial charge in [-0.15, -0.1) is 11.3 Å². The molecule has 5 heteroatoms. The van der Waals surface area contributed by atoms with Crippen molar-refractivity contribution < 1.29 is 9.59 Å². The zero-order chi connectivity index (χ0) is 14.5. The van der Waals surface area contributed by atoms with Gasteiger partial charge in [-0.2, -0.15) is 0 Å². The molecule has 0 radical (unpaired) electrons. The second-order valence-electron chi connectivity index (χ2n) is 4.51. The molecule has 104 valence electrons. The summed E-state index contributed by atoms with van der Waals surface area (Å²) < 4.78 is 0. The van der Waals surface area contributed by atoms with Gasteiger partial charge in [0, 0.05) is 13.5 Å². The highest BCUT2D eigenvalue weighted by atomic mass is 32.1. The normalized spacial score (nSPS) is 10.1. The van der Waals surface area contributed by atoms with Gasteiger partial charge >= 0.3 is 0 Å². The van der Waals surface area contributed by atoms with E-state index < -0.39 is 0 Å². The zero-order valence-electron chi connectivity index (χ0n) is 11.4. The number of hydrogen-bond donors (Lipinski definition) is 2. The van der Waals surface area contributed by atoms with Crippen molar-refractivity contribution in [1.29, 1.82) is 0 Å². The number of hydrogen-bond acceptors (Lipinski definition) is 3. The number of carbonyl (C=O) groups excluding carboxylic acids is 2. The maximum absolute atomic E-state index is 12.0. The van der Waals surface area contributed by atoms with Crippen LogP contribution in [0.25, 0.3) is 0 Å². The van der Waals surface area contributed by atoms with Crippen LogP contribution < -0.4 is 10.6 Å². The minimum atomic E-state index is -0.140. The van der Waals surface area contributed by atoms with Crippen LogP contribution in [0.2, 0.25) is 0 Å². The lowest BCUT2D eigenvalue weighted by molar-refractivity contribution is -0.114. The first kappa shape index (κ1) is 14.3. The molecule has 0 aliphatic rings. The molecule has 2 aromatic rings. The highest BCUT2D eigenvalue weighted by Crippen LogP contribution is 2.21. The molecule has 2 amide bonds. The molecule has 0 aliphatic heterocycles. The van der Waals surface area contributed by atoms with E-state index in [0.717, 1.165) is 5.56 Å². The Balaban J connectivity index is 1.93. The Bertz CT molecular complexity index is 617. The van der Waals surface area contributed by atoms with E-state index in [2.05, 4.69) is 10.6 Å². The van der Waals surface area contributed by atoms with Gasteiger partial charge in [0.05, 0.1) is 9.88 Å². The van der Waals surface area contributed by atoms with Gasteiger partial charge in [0.2, 0.25) is 5.91 Å². The largest absolute Gasteiger partial charge is 0.347 e. The number of benzene rings is 1. The van der Waals surface area contributed by atoms with Crippen molar-refractivity contribution in [3.8, 4) is 0 Å². The highest BCUT2D eigenvalue weighted by molar-refractivity contribution is 7.18. The van der Waals surface area contributed by atoms with Gasteiger partial charge in [-0.3, -0.25) is 9.59 Å². The highest BCUT2D eigenvalue weighted by Gasteiger charge is 2.09. The molecular weight excluding hydrogens is 272 g/mol. The van der Waals surface area contributed by atoms with Crippen molar-refractivity contribution in [2.45, 2.75) is 20.4 Å². The third-order valence-electron chi connectivity index (χ3n) is 2.70. The van der Waals surface area contributed by atoms with E-state index in [9.17, 15) is 9.59 Å². The summed E-state index contributed by atoms with van der Waals surface area (Å²) in [6.45, 7) is 3.96. The first-order valence-electron chi connectivity index (χ1n) is 6.26. The Hall–Kier alpha value is -2.14. The van der Waals surface area contributed by atoms with Gasteiger partial charge in [-0.1, -0.05) is 29.8 Å². The van der Waals surface area contributed by atoms with Crippen LogP contribution in [-0.2, 0) is 11.3 Å². The molecule has 4 nitrogen and oxygen atoms in total. The molecule has 1 aromatic heterocycles. The van der Waals surface area contributed by atoms with Gasteiger partial charge in [0.1, 0.15) is 0 Å². The monoisotopic (exact) mass is 288 g/mol. The number of amides is 2. The molecule has 0 unspecified atom stereocenters. The number of rotatable bonds is 4. The molecule has 20 heavy (non-hydrogen) atoms. The average molecular weight is 288 g/mol. The van der Waals surface area contributed by atoms with Crippen LogP contribution in [-0.4, -0.2) is 11.8 Å². The third kappa shape index (κ3) is 3.93. The second kappa shape index (κ2) is 6.34. The van der Waals surface area contributed by atoms with Crippen molar-refractivity contribution in [1.82, 2.24) is 5.32 Å². The number of aryl methyl sites for hydroxylation is 1. The Morgan fingerprint density at radius 2 is 1.80 bits per heavy atom. The Morgan fingerprint density at radius 1 is 1.10 bits per heavy atom. The lowest BCUT2D eigenvalue weighted by Crippen LogP contribution is -2.21. The van der Waals surface area contributed by atoms with Crippen molar-refractivity contribution >= 4 is 28.2 Å². The molecule has 1 heterocycles. The molecule has 2 rings (SSSR count). The van der Waals surface area contributed by atoms with E-state index in [0.29, 0.717) is 16.4 Å². The summed E-state index contributed by atoms with van der Waals surface area (Å²) in [4.78, 5) is 23.5. The summed E-state index contributed by atoms with van der Waals surface area (Å²) in [6.07, 6.45) is 0. The third-order valence-corrected chi connectivity index (χ3v) is 3.70. The van der Waals surface area contributed by atoms with Crippen LogP contribution in [0.3, 0.4) is 0 Å². The fourth-order valence-electron chi connectivity index (χ4n) is 1.68. The van der Waals surface area contributed by atoms with E-state index >= 15 is 0 Å². The minimum absolute atomic E-state index is 0.132. The molecule has 0 spiro atoms. The first-order chi connectivity index (χ1) is 9.54. The molecule has 1 aromatic carbocycles. The summed E-state index contributed by atoms with van der Waals surface area (Å²) in [5.41, 5.74) is 2.25. The molecule has 0 atom stereocenters. The van der Waals surface area contributed by atoms with Crippen molar-refractivity contribution in [3.63, 3.8) is 0 Å². The molecule has 0 aliphatic carbocycles. The van der Waals surface area contributed by atoms with Crippen LogP contribution in [0.1, 0.15) is 27.7 Å². The van der Waals surface area contributed by atoms with Gasteiger partial charge in [0.15, 0.2) is 0 Å². The van der Waals surface area contributed by atoms with Crippen LogP contribution >= 0.6 is 11.3 Å². The van der Waals surface area contributed by atoms with Gasteiger partial charge in [-0.05, 0) is 24.6 Å². The molecule has 0 saturated carbocycles. The molecule has 0 bridgehead atoms. The Kier molecular flexibility index (Phi) is 4.53. The standard InChI is InChI=1S/C15H16N2O2S/c1-10-3-5-12(6-4-10)9-16-15(19)13-7-8-14(20-13)17-11(2)18/h3-8H,9H2,1-2H3,(H,16,19)(H,17,18). The Labute approximate surface area is 121 Å². The molecule has 0 saturated heterocycles. The van der Waals surface area contributed by atoms with Gasteiger partial charge < -0.3 is 10.6 Å². The van der Waals surface area contributed by atoms with E-state index in [1.165, 1.54) is 23.8 Å². The number of nitrogens with one attached hydrogen (secondary N) is 2. The van der Waals surface area contributed by atoms with Crippen molar-refractivity contribution in [2.75, 3.05) is 5.32 Å².